The lowest BCUT2D eigenvalue weighted by molar-refractivity contribution is 0.648. The Balaban J connectivity index is 1.94. The molecule has 1 aliphatic carbocycles. The highest BCUT2D eigenvalue weighted by molar-refractivity contribution is 5.73. The fraction of sp³-hybridized carbons (Fsp3) is 0.357. The van der Waals surface area contributed by atoms with Crippen molar-refractivity contribution >= 4 is 5.57 Å². The fourth-order valence-corrected chi connectivity index (χ4v) is 3.06. The normalized spacial score (nSPS) is 18.1. The van der Waals surface area contributed by atoms with E-state index in [-0.39, 0.29) is 0 Å². The molecule has 92 valence electrons. The molecule has 3 heterocycles. The van der Waals surface area contributed by atoms with Gasteiger partial charge in [0.15, 0.2) is 0 Å². The summed E-state index contributed by atoms with van der Waals surface area (Å²) in [5, 5.41) is 7.86. The number of allylic oxidation sites excluding steroid dienone is 1. The van der Waals surface area contributed by atoms with Crippen LogP contribution in [0.4, 0.5) is 0 Å². The van der Waals surface area contributed by atoms with Crippen molar-refractivity contribution in [3.63, 3.8) is 0 Å². The molecule has 2 aromatic rings. The van der Waals surface area contributed by atoms with E-state index >= 15 is 0 Å². The van der Waals surface area contributed by atoms with Gasteiger partial charge in [-0.05, 0) is 24.5 Å². The molecule has 18 heavy (non-hydrogen) atoms. The van der Waals surface area contributed by atoms with E-state index < -0.39 is 0 Å². The molecule has 2 aromatic heterocycles. The van der Waals surface area contributed by atoms with Crippen LogP contribution in [0.3, 0.4) is 0 Å². The molecule has 4 heteroatoms. The highest BCUT2D eigenvalue weighted by Gasteiger charge is 2.23. The van der Waals surface area contributed by atoms with Crippen molar-refractivity contribution in [2.24, 2.45) is 0 Å². The SMILES string of the molecule is C1=C2CNCCn3cc(-n4cccn4)c(c32)CC1. The van der Waals surface area contributed by atoms with Crippen LogP contribution in [-0.4, -0.2) is 27.4 Å². The van der Waals surface area contributed by atoms with Gasteiger partial charge in [-0.2, -0.15) is 5.10 Å². The van der Waals surface area contributed by atoms with Crippen LogP contribution in [0.15, 0.2) is 30.7 Å². The smallest absolute Gasteiger partial charge is 0.0860 e. The van der Waals surface area contributed by atoms with Gasteiger partial charge in [0.25, 0.3) is 0 Å². The third-order valence-corrected chi connectivity index (χ3v) is 3.85. The van der Waals surface area contributed by atoms with Crippen molar-refractivity contribution in [3.05, 3.63) is 42.0 Å². The first kappa shape index (κ1) is 10.1. The van der Waals surface area contributed by atoms with E-state index in [4.69, 9.17) is 0 Å². The minimum Gasteiger partial charge on any atom is -0.344 e. The van der Waals surface area contributed by atoms with Crippen LogP contribution < -0.4 is 5.32 Å². The van der Waals surface area contributed by atoms with E-state index in [1.54, 1.807) is 0 Å². The molecule has 0 fully saturated rings. The van der Waals surface area contributed by atoms with Crippen molar-refractivity contribution in [2.45, 2.75) is 19.4 Å². The Morgan fingerprint density at radius 1 is 1.33 bits per heavy atom. The standard InChI is InChI=1S/C14H16N4/c1-3-11-9-15-6-8-17-10-13(12(4-1)14(11)17)18-7-2-5-16-18/h2-3,5,7,10,15H,1,4,6,8-9H2. The van der Waals surface area contributed by atoms with E-state index in [9.17, 15) is 0 Å². The van der Waals surface area contributed by atoms with Gasteiger partial charge in [0.05, 0.1) is 11.4 Å². The molecule has 4 nitrogen and oxygen atoms in total. The number of nitrogens with zero attached hydrogens (tertiary/aromatic N) is 3. The van der Waals surface area contributed by atoms with Crippen LogP contribution in [0.1, 0.15) is 17.7 Å². The third-order valence-electron chi connectivity index (χ3n) is 3.85. The Bertz CT molecular complexity index is 604. The predicted octanol–water partition coefficient (Wildman–Crippen LogP) is 1.61. The molecule has 0 unspecified atom stereocenters. The van der Waals surface area contributed by atoms with Gasteiger partial charge < -0.3 is 9.88 Å². The molecular weight excluding hydrogens is 224 g/mol. The lowest BCUT2D eigenvalue weighted by Gasteiger charge is -2.15. The minimum atomic E-state index is 0.996. The second-order valence-electron chi connectivity index (χ2n) is 4.93. The lowest BCUT2D eigenvalue weighted by atomic mass is 9.96. The molecule has 0 saturated carbocycles. The van der Waals surface area contributed by atoms with E-state index in [2.05, 4.69) is 27.3 Å². The Morgan fingerprint density at radius 2 is 2.33 bits per heavy atom. The van der Waals surface area contributed by atoms with Gasteiger partial charge in [-0.3, -0.25) is 0 Å². The first-order valence-corrected chi connectivity index (χ1v) is 6.55. The molecule has 0 saturated heterocycles. The van der Waals surface area contributed by atoms with Crippen molar-refractivity contribution in [2.75, 3.05) is 13.1 Å². The average Bonchev–Trinajstić information content (AvgIpc) is 2.97. The van der Waals surface area contributed by atoms with Crippen LogP contribution in [0.5, 0.6) is 0 Å². The first-order valence-electron chi connectivity index (χ1n) is 6.55. The maximum atomic E-state index is 4.38. The zero-order valence-electron chi connectivity index (χ0n) is 10.3. The van der Waals surface area contributed by atoms with Gasteiger partial charge in [-0.1, -0.05) is 6.08 Å². The molecule has 4 rings (SSSR count). The highest BCUT2D eigenvalue weighted by Crippen LogP contribution is 2.33. The maximum absolute atomic E-state index is 4.38. The summed E-state index contributed by atoms with van der Waals surface area (Å²) in [7, 11) is 0. The third kappa shape index (κ3) is 1.39. The second-order valence-corrected chi connectivity index (χ2v) is 4.93. The van der Waals surface area contributed by atoms with Crippen LogP contribution >= 0.6 is 0 Å². The van der Waals surface area contributed by atoms with Crippen molar-refractivity contribution in [1.82, 2.24) is 19.7 Å². The Hall–Kier alpha value is -1.81. The summed E-state index contributed by atoms with van der Waals surface area (Å²) in [5.41, 5.74) is 5.59. The quantitative estimate of drug-likeness (QED) is 0.821. The Morgan fingerprint density at radius 3 is 3.22 bits per heavy atom. The van der Waals surface area contributed by atoms with Gasteiger partial charge in [0.1, 0.15) is 0 Å². The molecule has 0 atom stereocenters. The van der Waals surface area contributed by atoms with Gasteiger partial charge in [-0.25, -0.2) is 4.68 Å². The summed E-state index contributed by atoms with van der Waals surface area (Å²) < 4.78 is 4.38. The number of hydrogen-bond donors (Lipinski definition) is 1. The van der Waals surface area contributed by atoms with Crippen LogP contribution in [-0.2, 0) is 13.0 Å². The van der Waals surface area contributed by atoms with Crippen molar-refractivity contribution in [1.29, 1.82) is 0 Å². The maximum Gasteiger partial charge on any atom is 0.0860 e. The fourth-order valence-electron chi connectivity index (χ4n) is 3.06. The zero-order chi connectivity index (χ0) is 11.9. The molecule has 0 aromatic carbocycles. The number of rotatable bonds is 1. The Labute approximate surface area is 106 Å². The van der Waals surface area contributed by atoms with Crippen molar-refractivity contribution < 1.29 is 0 Å². The molecule has 2 aliphatic rings. The summed E-state index contributed by atoms with van der Waals surface area (Å²) in [5.74, 6) is 0. The van der Waals surface area contributed by atoms with Crippen LogP contribution in [0, 0.1) is 0 Å². The van der Waals surface area contributed by atoms with E-state index in [1.165, 1.54) is 22.5 Å². The molecule has 1 aliphatic heterocycles. The van der Waals surface area contributed by atoms with E-state index in [0.717, 1.165) is 32.5 Å². The Kier molecular flexibility index (Phi) is 2.17. The van der Waals surface area contributed by atoms with Crippen LogP contribution in [0.25, 0.3) is 11.3 Å². The first-order chi connectivity index (χ1) is 8.93. The molecule has 1 N–H and O–H groups in total. The van der Waals surface area contributed by atoms with Gasteiger partial charge in [0.2, 0.25) is 0 Å². The monoisotopic (exact) mass is 240 g/mol. The minimum absolute atomic E-state index is 0.996. The number of aromatic nitrogens is 3. The average molecular weight is 240 g/mol. The second kappa shape index (κ2) is 3.85. The van der Waals surface area contributed by atoms with Gasteiger partial charge >= 0.3 is 0 Å². The van der Waals surface area contributed by atoms with Crippen molar-refractivity contribution in [3.8, 4) is 5.69 Å². The molecular formula is C14H16N4. The summed E-state index contributed by atoms with van der Waals surface area (Å²) in [4.78, 5) is 0. The van der Waals surface area contributed by atoms with E-state index in [0.29, 0.717) is 0 Å². The largest absolute Gasteiger partial charge is 0.344 e. The summed E-state index contributed by atoms with van der Waals surface area (Å²) in [6, 6.07) is 1.98. The zero-order valence-corrected chi connectivity index (χ0v) is 10.3. The summed E-state index contributed by atoms with van der Waals surface area (Å²) in [6.07, 6.45) is 10.8. The van der Waals surface area contributed by atoms with E-state index in [1.807, 2.05) is 23.1 Å². The summed E-state index contributed by atoms with van der Waals surface area (Å²) >= 11 is 0. The van der Waals surface area contributed by atoms with Gasteiger partial charge in [0, 0.05) is 43.8 Å². The molecule has 0 amide bonds. The summed E-state index contributed by atoms with van der Waals surface area (Å²) in [6.45, 7) is 3.08. The molecule has 0 radical (unpaired) electrons. The number of nitrogens with one attached hydrogen (secondary N) is 1. The predicted molar refractivity (Wildman–Crippen MR) is 70.7 cm³/mol. The van der Waals surface area contributed by atoms with Gasteiger partial charge in [-0.15, -0.1) is 0 Å². The highest BCUT2D eigenvalue weighted by atomic mass is 15.3. The molecule has 0 spiro atoms. The topological polar surface area (TPSA) is 34.8 Å². The molecule has 0 bridgehead atoms. The lowest BCUT2D eigenvalue weighted by Crippen LogP contribution is -2.17. The van der Waals surface area contributed by atoms with Crippen LogP contribution in [0.2, 0.25) is 0 Å². The number of hydrogen-bond acceptors (Lipinski definition) is 2.